The molecule has 0 aliphatic carbocycles. The number of hydrogen-bond acceptors (Lipinski definition) is 11. The molecule has 14 heteroatoms. The molecule has 0 aromatic carbocycles. The van der Waals surface area contributed by atoms with Gasteiger partial charge in [0.2, 0.25) is 5.82 Å². The van der Waals surface area contributed by atoms with Gasteiger partial charge in [-0.25, -0.2) is 4.79 Å². The van der Waals surface area contributed by atoms with E-state index in [0.29, 0.717) is 10.8 Å². The van der Waals surface area contributed by atoms with E-state index in [4.69, 9.17) is 23.7 Å². The lowest BCUT2D eigenvalue weighted by molar-refractivity contribution is -0.269. The van der Waals surface area contributed by atoms with Crippen molar-refractivity contribution in [2.24, 2.45) is 0 Å². The average molecular weight is 459 g/mol. The van der Waals surface area contributed by atoms with Crippen LogP contribution in [0, 0.1) is 5.82 Å². The zero-order valence-electron chi connectivity index (χ0n) is 17.5. The molecule has 5 atom stereocenters. The number of rotatable bonds is 6. The van der Waals surface area contributed by atoms with E-state index in [1.165, 1.54) is 0 Å². The van der Waals surface area contributed by atoms with Crippen LogP contribution in [0.2, 0.25) is 0 Å². The molecule has 1 aromatic heterocycles. The normalized spacial score (nSPS) is 24.8. The van der Waals surface area contributed by atoms with Gasteiger partial charge in [0.1, 0.15) is 12.7 Å². The van der Waals surface area contributed by atoms with Crippen molar-refractivity contribution in [3.05, 3.63) is 32.9 Å². The molecular weight excluding hydrogens is 438 g/mol. The van der Waals surface area contributed by atoms with Crippen LogP contribution in [0.1, 0.15) is 33.9 Å². The number of nitrogens with zero attached hydrogens (tertiary/aromatic N) is 1. The zero-order valence-corrected chi connectivity index (χ0v) is 17.5. The van der Waals surface area contributed by atoms with Gasteiger partial charge in [-0.3, -0.25) is 33.5 Å². The first-order chi connectivity index (χ1) is 14.9. The Kier molecular flexibility index (Phi) is 7.86. The zero-order chi connectivity index (χ0) is 24.2. The minimum Gasteiger partial charge on any atom is -0.463 e. The lowest BCUT2D eigenvalue weighted by Gasteiger charge is -2.44. The van der Waals surface area contributed by atoms with Gasteiger partial charge < -0.3 is 23.7 Å². The van der Waals surface area contributed by atoms with Crippen LogP contribution < -0.4 is 11.2 Å². The number of H-pyrrole nitrogens is 1. The van der Waals surface area contributed by atoms with Crippen molar-refractivity contribution in [2.45, 2.75) is 58.3 Å². The number of carbonyl (C=O) groups excluding carboxylic acids is 4. The number of halogens is 1. The minimum atomic E-state index is -1.67. The molecule has 176 valence electrons. The Hall–Kier alpha value is -3.55. The van der Waals surface area contributed by atoms with Crippen molar-refractivity contribution in [1.29, 1.82) is 0 Å². The first-order valence-electron chi connectivity index (χ1n) is 9.22. The summed E-state index contributed by atoms with van der Waals surface area (Å²) in [6, 6.07) is 0. The molecule has 0 amide bonds. The van der Waals surface area contributed by atoms with Gasteiger partial charge in [0, 0.05) is 27.7 Å². The number of hydrogen-bond donors (Lipinski definition) is 1. The van der Waals surface area contributed by atoms with Crippen molar-refractivity contribution in [2.75, 3.05) is 6.61 Å². The van der Waals surface area contributed by atoms with Crippen LogP contribution in [-0.2, 0) is 42.9 Å². The summed E-state index contributed by atoms with van der Waals surface area (Å²) in [5.74, 6) is -4.71. The van der Waals surface area contributed by atoms with Gasteiger partial charge in [-0.1, -0.05) is 0 Å². The summed E-state index contributed by atoms with van der Waals surface area (Å²) >= 11 is 0. The van der Waals surface area contributed by atoms with Gasteiger partial charge in [-0.15, -0.1) is 0 Å². The van der Waals surface area contributed by atoms with E-state index >= 15 is 0 Å². The van der Waals surface area contributed by atoms with Gasteiger partial charge in [-0.05, 0) is 0 Å². The Morgan fingerprint density at radius 3 is 2.00 bits per heavy atom. The molecule has 0 saturated carbocycles. The summed E-state index contributed by atoms with van der Waals surface area (Å²) in [6.07, 6.45) is -7.14. The number of aromatic nitrogens is 2. The van der Waals surface area contributed by atoms with E-state index in [1.54, 1.807) is 4.98 Å². The smallest absolute Gasteiger partial charge is 0.330 e. The third-order valence-electron chi connectivity index (χ3n) is 4.16. The van der Waals surface area contributed by atoms with Crippen molar-refractivity contribution < 1.29 is 47.3 Å². The maximum absolute atomic E-state index is 13.9. The van der Waals surface area contributed by atoms with E-state index in [2.05, 4.69) is 0 Å². The summed E-state index contributed by atoms with van der Waals surface area (Å²) in [5.41, 5.74) is -2.45. The highest BCUT2D eigenvalue weighted by molar-refractivity contribution is 5.68. The second kappa shape index (κ2) is 10.2. The van der Waals surface area contributed by atoms with E-state index in [-0.39, 0.29) is 0 Å². The number of aromatic amines is 1. The third-order valence-corrected chi connectivity index (χ3v) is 4.16. The topological polar surface area (TPSA) is 169 Å². The Bertz CT molecular complexity index is 1020. The Balaban J connectivity index is 2.65. The first kappa shape index (κ1) is 24.7. The molecule has 13 nitrogen and oxygen atoms in total. The Labute approximate surface area is 179 Å². The molecule has 0 unspecified atom stereocenters. The van der Waals surface area contributed by atoms with E-state index in [0.717, 1.165) is 27.7 Å². The average Bonchev–Trinajstić information content (AvgIpc) is 2.65. The molecular formula is C18H21FN2O11. The fourth-order valence-corrected chi connectivity index (χ4v) is 3.08. The van der Waals surface area contributed by atoms with Gasteiger partial charge in [0.15, 0.2) is 24.5 Å². The molecule has 1 fully saturated rings. The van der Waals surface area contributed by atoms with Crippen molar-refractivity contribution in [3.63, 3.8) is 0 Å². The highest BCUT2D eigenvalue weighted by Gasteiger charge is 2.53. The standard InChI is InChI=1S/C18H21FN2O11/c1-7(22)28-6-12-13(29-8(2)23)14(30-9(3)24)15(31-10(4)25)17(32-12)21-5-11(19)16(26)20-18(21)27/h5,12-15,17H,6H2,1-4H3,(H,20,26,27)/t12-,13+,14+,15-,17-/m1/s1/i19-1. The third kappa shape index (κ3) is 6.00. The number of nitrogens with one attached hydrogen (secondary N) is 1. The van der Waals surface area contributed by atoms with E-state index < -0.39 is 78.2 Å². The monoisotopic (exact) mass is 459 g/mol. The molecule has 1 N–H and O–H groups in total. The minimum absolute atomic E-state index is 0.502. The molecule has 1 saturated heterocycles. The van der Waals surface area contributed by atoms with Crippen molar-refractivity contribution in [3.8, 4) is 0 Å². The molecule has 0 radical (unpaired) electrons. The molecule has 0 bridgehead atoms. The number of carbonyl (C=O) groups is 4. The number of ether oxygens (including phenoxy) is 5. The SMILES string of the molecule is CC(=O)OC[C@H]1O[C@@H](n2cc([18F])c(=O)[nH]c2=O)[C@H](OC(C)=O)[C@@H](OC(C)=O)[C@H]1OC(C)=O. The summed E-state index contributed by atoms with van der Waals surface area (Å²) in [5, 5.41) is 0. The van der Waals surface area contributed by atoms with Gasteiger partial charge >= 0.3 is 29.6 Å². The molecule has 1 aliphatic heterocycles. The molecule has 2 rings (SSSR count). The van der Waals surface area contributed by atoms with Gasteiger partial charge in [0.25, 0.3) is 5.56 Å². The molecule has 2 heterocycles. The molecule has 1 aromatic rings. The highest BCUT2D eigenvalue weighted by atomic mass is 18.2. The van der Waals surface area contributed by atoms with Crippen LogP contribution in [0.3, 0.4) is 0 Å². The van der Waals surface area contributed by atoms with Crippen LogP contribution in [0.5, 0.6) is 0 Å². The summed E-state index contributed by atoms with van der Waals surface area (Å²) in [7, 11) is 0. The molecule has 0 spiro atoms. The van der Waals surface area contributed by atoms with Crippen LogP contribution in [0.4, 0.5) is 4.39 Å². The maximum Gasteiger partial charge on any atom is 0.330 e. The predicted molar refractivity (Wildman–Crippen MR) is 98.5 cm³/mol. The summed E-state index contributed by atoms with van der Waals surface area (Å²) in [6.45, 7) is 3.63. The maximum atomic E-state index is 13.9. The fourth-order valence-electron chi connectivity index (χ4n) is 3.08. The largest absolute Gasteiger partial charge is 0.463 e. The lowest BCUT2D eigenvalue weighted by atomic mass is 9.97. The van der Waals surface area contributed by atoms with Crippen molar-refractivity contribution >= 4 is 23.9 Å². The van der Waals surface area contributed by atoms with E-state index in [1.807, 2.05) is 0 Å². The lowest BCUT2D eigenvalue weighted by Crippen LogP contribution is -2.61. The second-order valence-electron chi connectivity index (χ2n) is 6.73. The van der Waals surface area contributed by atoms with Crippen LogP contribution in [0.25, 0.3) is 0 Å². The van der Waals surface area contributed by atoms with Crippen molar-refractivity contribution in [1.82, 2.24) is 9.55 Å². The van der Waals surface area contributed by atoms with Gasteiger partial charge in [0.05, 0.1) is 6.20 Å². The highest BCUT2D eigenvalue weighted by Crippen LogP contribution is 2.34. The predicted octanol–water partition coefficient (Wildman–Crippen LogP) is -1.07. The second-order valence-corrected chi connectivity index (χ2v) is 6.73. The Morgan fingerprint density at radius 1 is 0.938 bits per heavy atom. The number of esters is 4. The van der Waals surface area contributed by atoms with Crippen LogP contribution in [0.15, 0.2) is 15.8 Å². The quantitative estimate of drug-likeness (QED) is 0.406. The van der Waals surface area contributed by atoms with E-state index in [9.17, 15) is 33.2 Å². The van der Waals surface area contributed by atoms with Gasteiger partial charge in [-0.2, -0.15) is 4.39 Å². The molecule has 32 heavy (non-hydrogen) atoms. The summed E-state index contributed by atoms with van der Waals surface area (Å²) in [4.78, 5) is 71.9. The summed E-state index contributed by atoms with van der Waals surface area (Å²) < 4.78 is 40.6. The first-order valence-corrected chi connectivity index (χ1v) is 9.22. The van der Waals surface area contributed by atoms with Crippen LogP contribution in [-0.4, -0.2) is 64.5 Å². The Morgan fingerprint density at radius 2 is 1.47 bits per heavy atom. The van der Waals surface area contributed by atoms with Crippen LogP contribution >= 0.6 is 0 Å². The molecule has 1 aliphatic rings. The fraction of sp³-hybridized carbons (Fsp3) is 0.556.